The van der Waals surface area contributed by atoms with Crippen LogP contribution in [0.2, 0.25) is 0 Å². The van der Waals surface area contributed by atoms with Crippen LogP contribution in [0.3, 0.4) is 0 Å². The number of hydrogen-bond donors (Lipinski definition) is 0. The molecule has 0 atom stereocenters. The van der Waals surface area contributed by atoms with Gasteiger partial charge in [-0.1, -0.05) is 37.3 Å². The number of carbonyl (C=O) groups is 2. The largest absolute Gasteiger partial charge is 0.318 e. The zero-order valence-electron chi connectivity index (χ0n) is 18.6. The molecule has 0 saturated carbocycles. The molecular weight excluding hydrogens is 438 g/mol. The zero-order valence-corrected chi connectivity index (χ0v) is 19.4. The predicted octanol–water partition coefficient (Wildman–Crippen LogP) is 5.80. The van der Waals surface area contributed by atoms with E-state index in [9.17, 15) is 19.7 Å². The number of para-hydroxylation sites is 1. The maximum absolute atomic E-state index is 13.0. The van der Waals surface area contributed by atoms with E-state index < -0.39 is 10.8 Å². The fourth-order valence-corrected chi connectivity index (χ4v) is 4.89. The molecule has 2 aromatic carbocycles. The summed E-state index contributed by atoms with van der Waals surface area (Å²) in [6, 6.07) is 16.2. The van der Waals surface area contributed by atoms with Crippen LogP contribution in [0, 0.1) is 24.0 Å². The molecule has 1 aliphatic rings. The van der Waals surface area contributed by atoms with Gasteiger partial charge < -0.3 is 4.57 Å². The Bertz CT molecular complexity index is 1310. The molecule has 33 heavy (non-hydrogen) atoms. The number of hydrogen-bond acceptors (Lipinski definition) is 5. The van der Waals surface area contributed by atoms with E-state index in [1.54, 1.807) is 18.2 Å². The highest BCUT2D eigenvalue weighted by Crippen LogP contribution is 2.35. The molecular formula is C25H23N3O4S. The van der Waals surface area contributed by atoms with Gasteiger partial charge in [-0.05, 0) is 66.9 Å². The molecule has 3 aromatic rings. The van der Waals surface area contributed by atoms with Crippen LogP contribution in [0.1, 0.15) is 35.0 Å². The SMILES string of the molecule is CCc1ccccc1-n1c(C)cc(/C=C2\SC(=O)N(Cc3cccc([N+](=O)[O-])c3)C2=O)c1C. The van der Waals surface area contributed by atoms with Crippen molar-refractivity contribution in [2.24, 2.45) is 0 Å². The summed E-state index contributed by atoms with van der Waals surface area (Å²) in [4.78, 5) is 37.5. The summed E-state index contributed by atoms with van der Waals surface area (Å²) in [5.41, 5.74) is 5.68. The standard InChI is InChI=1S/C25H23N3O4S/c1-4-19-9-5-6-11-22(19)27-16(2)12-20(17(27)3)14-23-24(29)26(25(30)33-23)15-18-8-7-10-21(13-18)28(31)32/h5-14H,4,15H2,1-3H3/b23-14-. The second kappa shape index (κ2) is 9.07. The van der Waals surface area contributed by atoms with E-state index in [1.165, 1.54) is 17.7 Å². The van der Waals surface area contributed by atoms with Gasteiger partial charge in [0.2, 0.25) is 0 Å². The third kappa shape index (κ3) is 4.34. The van der Waals surface area contributed by atoms with E-state index in [0.29, 0.717) is 10.5 Å². The van der Waals surface area contributed by atoms with Crippen LogP contribution in [0.5, 0.6) is 0 Å². The monoisotopic (exact) mass is 461 g/mol. The first-order valence-electron chi connectivity index (χ1n) is 10.6. The topological polar surface area (TPSA) is 85.4 Å². The number of nitro benzene ring substituents is 1. The first-order chi connectivity index (χ1) is 15.8. The van der Waals surface area contributed by atoms with Crippen molar-refractivity contribution in [3.63, 3.8) is 0 Å². The number of non-ortho nitro benzene ring substituents is 1. The smallest absolute Gasteiger partial charge is 0.293 e. The van der Waals surface area contributed by atoms with Gasteiger partial charge in [0.05, 0.1) is 16.4 Å². The number of nitro groups is 1. The van der Waals surface area contributed by atoms with E-state index >= 15 is 0 Å². The Morgan fingerprint density at radius 2 is 1.82 bits per heavy atom. The van der Waals surface area contributed by atoms with E-state index in [1.807, 2.05) is 32.0 Å². The molecule has 1 aromatic heterocycles. The molecule has 2 amide bonds. The van der Waals surface area contributed by atoms with Crippen molar-refractivity contribution in [3.8, 4) is 5.69 Å². The summed E-state index contributed by atoms with van der Waals surface area (Å²) >= 11 is 0.889. The molecule has 0 unspecified atom stereocenters. The average molecular weight is 462 g/mol. The van der Waals surface area contributed by atoms with Gasteiger partial charge in [-0.3, -0.25) is 24.6 Å². The maximum Gasteiger partial charge on any atom is 0.293 e. The fraction of sp³-hybridized carbons (Fsp3) is 0.200. The Morgan fingerprint density at radius 1 is 1.06 bits per heavy atom. The number of thioether (sulfide) groups is 1. The van der Waals surface area contributed by atoms with Crippen molar-refractivity contribution in [1.29, 1.82) is 0 Å². The Kier molecular flexibility index (Phi) is 6.20. The Hall–Kier alpha value is -3.65. The molecule has 0 bridgehead atoms. The van der Waals surface area contributed by atoms with Crippen LogP contribution in [-0.4, -0.2) is 25.5 Å². The third-order valence-electron chi connectivity index (χ3n) is 5.71. The van der Waals surface area contributed by atoms with Crippen molar-refractivity contribution in [1.82, 2.24) is 9.47 Å². The Balaban J connectivity index is 1.63. The summed E-state index contributed by atoms with van der Waals surface area (Å²) in [6.45, 7) is 6.13. The van der Waals surface area contributed by atoms with Gasteiger partial charge in [-0.25, -0.2) is 0 Å². The minimum Gasteiger partial charge on any atom is -0.318 e. The van der Waals surface area contributed by atoms with Crippen LogP contribution in [0.15, 0.2) is 59.5 Å². The molecule has 0 N–H and O–H groups in total. The van der Waals surface area contributed by atoms with E-state index in [-0.39, 0.29) is 17.5 Å². The lowest BCUT2D eigenvalue weighted by molar-refractivity contribution is -0.384. The number of imide groups is 1. The second-order valence-corrected chi connectivity index (χ2v) is 8.83. The lowest BCUT2D eigenvalue weighted by Gasteiger charge is -2.14. The highest BCUT2D eigenvalue weighted by atomic mass is 32.2. The fourth-order valence-electron chi connectivity index (χ4n) is 4.06. The van der Waals surface area contributed by atoms with E-state index in [4.69, 9.17) is 0 Å². The van der Waals surface area contributed by atoms with E-state index in [2.05, 4.69) is 23.6 Å². The molecule has 1 saturated heterocycles. The normalized spacial score (nSPS) is 15.0. The van der Waals surface area contributed by atoms with Gasteiger partial charge in [-0.2, -0.15) is 0 Å². The van der Waals surface area contributed by atoms with Crippen LogP contribution >= 0.6 is 11.8 Å². The molecule has 168 valence electrons. The first kappa shape index (κ1) is 22.5. The molecule has 2 heterocycles. The third-order valence-corrected chi connectivity index (χ3v) is 6.61. The number of aryl methyl sites for hydroxylation is 2. The number of aromatic nitrogens is 1. The summed E-state index contributed by atoms with van der Waals surface area (Å²) in [7, 11) is 0. The van der Waals surface area contributed by atoms with Gasteiger partial charge in [0.15, 0.2) is 0 Å². The summed E-state index contributed by atoms with van der Waals surface area (Å²) in [5, 5.41) is 10.6. The molecule has 0 aliphatic carbocycles. The van der Waals surface area contributed by atoms with Gasteiger partial charge in [0.25, 0.3) is 16.8 Å². The minimum atomic E-state index is -0.496. The second-order valence-electron chi connectivity index (χ2n) is 7.84. The van der Waals surface area contributed by atoms with Gasteiger partial charge >= 0.3 is 0 Å². The van der Waals surface area contributed by atoms with Crippen LogP contribution < -0.4 is 0 Å². The quantitative estimate of drug-likeness (QED) is 0.263. The summed E-state index contributed by atoms with van der Waals surface area (Å²) < 4.78 is 2.16. The Morgan fingerprint density at radius 3 is 2.55 bits per heavy atom. The van der Waals surface area contributed by atoms with Crippen molar-refractivity contribution in [3.05, 3.63) is 97.7 Å². The molecule has 8 heteroatoms. The number of benzene rings is 2. The number of amides is 2. The zero-order chi connectivity index (χ0) is 23.7. The lowest BCUT2D eigenvalue weighted by atomic mass is 10.1. The van der Waals surface area contributed by atoms with Crippen LogP contribution in [-0.2, 0) is 17.8 Å². The number of carbonyl (C=O) groups excluding carboxylic acids is 2. The number of nitrogens with zero attached hydrogens (tertiary/aromatic N) is 3. The average Bonchev–Trinajstić information content (AvgIpc) is 3.23. The highest BCUT2D eigenvalue weighted by Gasteiger charge is 2.35. The van der Waals surface area contributed by atoms with Gasteiger partial charge in [0, 0.05) is 29.2 Å². The molecule has 0 radical (unpaired) electrons. The van der Waals surface area contributed by atoms with E-state index in [0.717, 1.165) is 45.7 Å². The maximum atomic E-state index is 13.0. The van der Waals surface area contributed by atoms with Crippen molar-refractivity contribution < 1.29 is 14.5 Å². The minimum absolute atomic E-state index is 0.00736. The Labute approximate surface area is 195 Å². The van der Waals surface area contributed by atoms with Crippen molar-refractivity contribution in [2.45, 2.75) is 33.7 Å². The lowest BCUT2D eigenvalue weighted by Crippen LogP contribution is -2.27. The molecule has 0 spiro atoms. The molecule has 4 rings (SSSR count). The van der Waals surface area contributed by atoms with Crippen LogP contribution in [0.4, 0.5) is 10.5 Å². The number of rotatable bonds is 6. The van der Waals surface area contributed by atoms with Crippen molar-refractivity contribution >= 4 is 34.7 Å². The molecule has 1 fully saturated rings. The predicted molar refractivity (Wildman–Crippen MR) is 129 cm³/mol. The van der Waals surface area contributed by atoms with Gasteiger partial charge in [0.1, 0.15) is 0 Å². The first-order valence-corrected chi connectivity index (χ1v) is 11.4. The molecule has 7 nitrogen and oxygen atoms in total. The highest BCUT2D eigenvalue weighted by molar-refractivity contribution is 8.18. The summed E-state index contributed by atoms with van der Waals surface area (Å²) in [5.74, 6) is -0.393. The molecule has 1 aliphatic heterocycles. The van der Waals surface area contributed by atoms with Crippen LogP contribution in [0.25, 0.3) is 11.8 Å². The van der Waals surface area contributed by atoms with Crippen molar-refractivity contribution in [2.75, 3.05) is 0 Å². The van der Waals surface area contributed by atoms with Gasteiger partial charge in [-0.15, -0.1) is 0 Å². The summed E-state index contributed by atoms with van der Waals surface area (Å²) in [6.07, 6.45) is 2.66.